The van der Waals surface area contributed by atoms with Crippen molar-refractivity contribution in [3.63, 3.8) is 0 Å². The lowest BCUT2D eigenvalue weighted by atomic mass is 10.2. The van der Waals surface area contributed by atoms with Gasteiger partial charge < -0.3 is 14.4 Å². The second-order valence-corrected chi connectivity index (χ2v) is 9.76. The molecule has 0 saturated heterocycles. The number of carbonyl (C=O) groups excluding carboxylic acids is 1. The number of benzene rings is 2. The standard InChI is InChI=1S/C19H18ClF3NO7P/c1-11(3-8-18(25)30-2)32(28,29)17-10-13(5-6-15(17)24(26)27)31-16-7-4-12(9-14(16)20)19(21,22)23/h4-7,9-11H,3,8H2,1-2H3,(H,28,29). The van der Waals surface area contributed by atoms with Gasteiger partial charge in [0.15, 0.2) is 0 Å². The minimum Gasteiger partial charge on any atom is -0.469 e. The van der Waals surface area contributed by atoms with Crippen LogP contribution in [0.15, 0.2) is 36.4 Å². The maximum atomic E-state index is 13.1. The van der Waals surface area contributed by atoms with E-state index in [1.807, 2.05) is 0 Å². The maximum Gasteiger partial charge on any atom is 0.416 e. The van der Waals surface area contributed by atoms with Crippen molar-refractivity contribution in [2.24, 2.45) is 0 Å². The van der Waals surface area contributed by atoms with Crippen LogP contribution in [0.5, 0.6) is 11.5 Å². The zero-order valence-corrected chi connectivity index (χ0v) is 18.4. The molecule has 2 unspecified atom stereocenters. The number of methoxy groups -OCH3 is 1. The Balaban J connectivity index is 2.40. The van der Waals surface area contributed by atoms with Crippen LogP contribution in [-0.2, 0) is 20.3 Å². The molecule has 2 rings (SSSR count). The molecule has 0 saturated carbocycles. The van der Waals surface area contributed by atoms with Gasteiger partial charge in [-0.05, 0) is 30.7 Å². The summed E-state index contributed by atoms with van der Waals surface area (Å²) in [6.07, 6.45) is -4.87. The first-order valence-corrected chi connectivity index (χ1v) is 11.1. The zero-order valence-electron chi connectivity index (χ0n) is 16.8. The number of halogens is 4. The minimum atomic E-state index is -4.62. The summed E-state index contributed by atoms with van der Waals surface area (Å²) in [5.41, 5.74) is -2.68. The summed E-state index contributed by atoms with van der Waals surface area (Å²) in [6, 6.07) is 5.37. The number of alkyl halides is 3. The highest BCUT2D eigenvalue weighted by Crippen LogP contribution is 2.50. The van der Waals surface area contributed by atoms with Gasteiger partial charge in [0.05, 0.1) is 22.6 Å². The summed E-state index contributed by atoms with van der Waals surface area (Å²) in [5, 5.41) is 10.5. The van der Waals surface area contributed by atoms with Crippen LogP contribution in [0, 0.1) is 10.1 Å². The Labute approximate surface area is 185 Å². The predicted molar refractivity (Wildman–Crippen MR) is 110 cm³/mol. The van der Waals surface area contributed by atoms with Crippen molar-refractivity contribution in [3.05, 3.63) is 57.1 Å². The first kappa shape index (κ1) is 25.6. The molecule has 0 amide bonds. The molecule has 0 aliphatic carbocycles. The highest BCUT2D eigenvalue weighted by Gasteiger charge is 2.36. The van der Waals surface area contributed by atoms with E-state index in [-0.39, 0.29) is 29.4 Å². The molecular formula is C19H18ClF3NO7P. The minimum absolute atomic E-state index is 0.0760. The summed E-state index contributed by atoms with van der Waals surface area (Å²) < 4.78 is 61.3. The highest BCUT2D eigenvalue weighted by atomic mass is 35.5. The Morgan fingerprint density at radius 1 is 1.28 bits per heavy atom. The third-order valence-corrected chi connectivity index (χ3v) is 7.36. The van der Waals surface area contributed by atoms with Gasteiger partial charge in [-0.15, -0.1) is 0 Å². The number of carbonyl (C=O) groups is 1. The molecule has 32 heavy (non-hydrogen) atoms. The quantitative estimate of drug-likeness (QED) is 0.229. The monoisotopic (exact) mass is 495 g/mol. The van der Waals surface area contributed by atoms with Crippen molar-refractivity contribution in [1.29, 1.82) is 0 Å². The van der Waals surface area contributed by atoms with Crippen LogP contribution in [-0.4, -0.2) is 28.6 Å². The Bertz CT molecular complexity index is 1080. The fourth-order valence-electron chi connectivity index (χ4n) is 2.71. The number of esters is 1. The van der Waals surface area contributed by atoms with Crippen LogP contribution >= 0.6 is 19.0 Å². The third kappa shape index (κ3) is 5.99. The van der Waals surface area contributed by atoms with Crippen LogP contribution in [0.3, 0.4) is 0 Å². The van der Waals surface area contributed by atoms with Gasteiger partial charge in [-0.3, -0.25) is 19.5 Å². The van der Waals surface area contributed by atoms with Gasteiger partial charge in [-0.1, -0.05) is 18.5 Å². The summed E-state index contributed by atoms with van der Waals surface area (Å²) in [6.45, 7) is 1.35. The van der Waals surface area contributed by atoms with Crippen LogP contribution in [0.2, 0.25) is 5.02 Å². The number of rotatable bonds is 8. The molecule has 0 radical (unpaired) electrons. The third-order valence-electron chi connectivity index (χ3n) is 4.57. The van der Waals surface area contributed by atoms with E-state index in [1.165, 1.54) is 6.92 Å². The largest absolute Gasteiger partial charge is 0.469 e. The van der Waals surface area contributed by atoms with E-state index >= 15 is 0 Å². The van der Waals surface area contributed by atoms with Crippen molar-refractivity contribution in [1.82, 2.24) is 0 Å². The van der Waals surface area contributed by atoms with E-state index in [0.717, 1.165) is 37.4 Å². The average molecular weight is 496 g/mol. The summed E-state index contributed by atoms with van der Waals surface area (Å²) in [5.74, 6) is -0.951. The topological polar surface area (TPSA) is 116 Å². The Morgan fingerprint density at radius 3 is 2.47 bits per heavy atom. The van der Waals surface area contributed by atoms with Gasteiger partial charge >= 0.3 is 12.1 Å². The van der Waals surface area contributed by atoms with Crippen molar-refractivity contribution in [2.45, 2.75) is 31.6 Å². The fourth-order valence-corrected chi connectivity index (χ4v) is 4.68. The van der Waals surface area contributed by atoms with Crippen molar-refractivity contribution in [2.75, 3.05) is 7.11 Å². The Kier molecular flexibility index (Phi) is 7.92. The molecule has 13 heteroatoms. The molecule has 1 N–H and O–H groups in total. The molecule has 0 aliphatic rings. The SMILES string of the molecule is COC(=O)CCC(C)P(=O)(O)c1cc(Oc2ccc(C(F)(F)F)cc2Cl)ccc1[N+](=O)[O-]. The normalized spacial score (nSPS) is 14.3. The lowest BCUT2D eigenvalue weighted by molar-refractivity contribution is -0.383. The Morgan fingerprint density at radius 2 is 1.94 bits per heavy atom. The number of nitro benzene ring substituents is 1. The second kappa shape index (κ2) is 9.89. The smallest absolute Gasteiger partial charge is 0.416 e. The fraction of sp³-hybridized carbons (Fsp3) is 0.316. The lowest BCUT2D eigenvalue weighted by Crippen LogP contribution is -2.19. The zero-order chi connectivity index (χ0) is 24.3. The van der Waals surface area contributed by atoms with E-state index in [2.05, 4.69) is 4.74 Å². The van der Waals surface area contributed by atoms with Crippen molar-refractivity contribution >= 4 is 35.9 Å². The van der Waals surface area contributed by atoms with Gasteiger partial charge in [0, 0.05) is 24.2 Å². The van der Waals surface area contributed by atoms with Crippen LogP contribution in [0.4, 0.5) is 18.9 Å². The molecule has 0 aliphatic heterocycles. The van der Waals surface area contributed by atoms with Crippen LogP contribution in [0.25, 0.3) is 0 Å². The number of ether oxygens (including phenoxy) is 2. The molecule has 0 heterocycles. The van der Waals surface area contributed by atoms with Gasteiger partial charge in [-0.25, -0.2) is 0 Å². The van der Waals surface area contributed by atoms with E-state index < -0.39 is 46.7 Å². The van der Waals surface area contributed by atoms with Gasteiger partial charge in [0.25, 0.3) is 5.69 Å². The predicted octanol–water partition coefficient (Wildman–Crippen LogP) is 5.30. The molecule has 2 aromatic carbocycles. The number of nitrogens with zero attached hydrogens (tertiary/aromatic N) is 1. The molecule has 174 valence electrons. The second-order valence-electron chi connectivity index (χ2n) is 6.74. The van der Waals surface area contributed by atoms with E-state index in [9.17, 15) is 37.5 Å². The summed E-state index contributed by atoms with van der Waals surface area (Å²) >= 11 is 5.85. The van der Waals surface area contributed by atoms with Gasteiger partial charge in [-0.2, -0.15) is 13.2 Å². The van der Waals surface area contributed by atoms with Crippen molar-refractivity contribution < 1.29 is 41.8 Å². The van der Waals surface area contributed by atoms with E-state index in [4.69, 9.17) is 16.3 Å². The molecule has 2 atom stereocenters. The number of hydrogen-bond acceptors (Lipinski definition) is 6. The molecule has 8 nitrogen and oxygen atoms in total. The van der Waals surface area contributed by atoms with Crippen LogP contribution in [0.1, 0.15) is 25.3 Å². The first-order chi connectivity index (χ1) is 14.8. The first-order valence-electron chi connectivity index (χ1n) is 9.00. The molecule has 0 aromatic heterocycles. The molecule has 0 spiro atoms. The van der Waals surface area contributed by atoms with E-state index in [1.54, 1.807) is 0 Å². The molecule has 0 bridgehead atoms. The summed E-state index contributed by atoms with van der Waals surface area (Å²) in [4.78, 5) is 32.5. The van der Waals surface area contributed by atoms with Crippen molar-refractivity contribution in [3.8, 4) is 11.5 Å². The maximum absolute atomic E-state index is 13.1. The number of hydrogen-bond donors (Lipinski definition) is 1. The average Bonchev–Trinajstić information content (AvgIpc) is 2.72. The summed E-state index contributed by atoms with van der Waals surface area (Å²) in [7, 11) is -3.22. The van der Waals surface area contributed by atoms with Crippen LogP contribution < -0.4 is 10.0 Å². The molecule has 2 aromatic rings. The number of nitro groups is 1. The Hall–Kier alpha value is -2.62. The molecule has 0 fully saturated rings. The van der Waals surface area contributed by atoms with E-state index in [0.29, 0.717) is 6.07 Å². The molecular weight excluding hydrogens is 478 g/mol. The highest BCUT2D eigenvalue weighted by molar-refractivity contribution is 7.67. The van der Waals surface area contributed by atoms with Gasteiger partial charge in [0.1, 0.15) is 16.8 Å². The lowest BCUT2D eigenvalue weighted by Gasteiger charge is -2.20. The van der Waals surface area contributed by atoms with Gasteiger partial charge in [0.2, 0.25) is 7.37 Å².